The lowest BCUT2D eigenvalue weighted by atomic mass is 9.68. The predicted octanol–water partition coefficient (Wildman–Crippen LogP) is 7.43. The fourth-order valence-electron chi connectivity index (χ4n) is 7.69. The highest BCUT2D eigenvalue weighted by atomic mass is 35.5. The van der Waals surface area contributed by atoms with Gasteiger partial charge in [-0.2, -0.15) is 4.36 Å². The summed E-state index contributed by atoms with van der Waals surface area (Å²) in [6.07, 6.45) is 10.6. The summed E-state index contributed by atoms with van der Waals surface area (Å²) < 4.78 is 31.1. The van der Waals surface area contributed by atoms with Gasteiger partial charge in [-0.3, -0.25) is 9.59 Å². The number of ether oxygens (including phenoxy) is 2. The van der Waals surface area contributed by atoms with E-state index in [1.807, 2.05) is 39.0 Å². The average molecular weight is 691 g/mol. The third-order valence-corrected chi connectivity index (χ3v) is 12.6. The Bertz CT molecular complexity index is 1790. The number of hydrogen-bond donors (Lipinski definition) is 0. The van der Waals surface area contributed by atoms with Crippen LogP contribution in [0.3, 0.4) is 0 Å². The third-order valence-electron chi connectivity index (χ3n) is 10.3. The molecule has 2 aromatic rings. The molecule has 4 aliphatic rings. The minimum absolute atomic E-state index is 0.0259. The summed E-state index contributed by atoms with van der Waals surface area (Å²) in [7, 11) is -1.44. The molecule has 2 aromatic carbocycles. The van der Waals surface area contributed by atoms with Crippen LogP contribution < -0.4 is 9.64 Å². The summed E-state index contributed by atoms with van der Waals surface area (Å²) >= 11 is 6.44. The Morgan fingerprint density at radius 2 is 2.02 bits per heavy atom. The van der Waals surface area contributed by atoms with E-state index in [1.165, 1.54) is 11.1 Å². The number of carbonyl (C=O) groups excluding carboxylic acids is 2. The van der Waals surface area contributed by atoms with Crippen molar-refractivity contribution in [2.75, 3.05) is 43.2 Å². The number of amides is 1. The van der Waals surface area contributed by atoms with Crippen molar-refractivity contribution in [2.45, 2.75) is 77.2 Å². The van der Waals surface area contributed by atoms with Gasteiger partial charge in [-0.25, -0.2) is 4.21 Å². The van der Waals surface area contributed by atoms with E-state index < -0.39 is 21.4 Å². The lowest BCUT2D eigenvalue weighted by molar-refractivity contribution is -0.111. The number of benzene rings is 2. The average Bonchev–Trinajstić information content (AvgIpc) is 3.17. The zero-order valence-electron chi connectivity index (χ0n) is 28.6. The van der Waals surface area contributed by atoms with Crippen LogP contribution >= 0.6 is 11.6 Å². The van der Waals surface area contributed by atoms with Gasteiger partial charge in [-0.1, -0.05) is 35.7 Å². The molecule has 2 bridgehead atoms. The lowest BCUT2D eigenvalue weighted by Gasteiger charge is -2.46. The smallest absolute Gasteiger partial charge is 0.285 e. The SMILES string of the molecule is CO[C@H]1/C=C/CCC[S@@](=O)(CC(=O)C#CC(C)(C)C)=NC(=O)c2ccc3c(c2)N(C[C@@H]2CC[C@H]21)C[C@@]1(CCCc2cc(Cl)ccc21)CO3. The van der Waals surface area contributed by atoms with Crippen LogP contribution in [-0.4, -0.2) is 60.3 Å². The van der Waals surface area contributed by atoms with Crippen molar-refractivity contribution in [1.29, 1.82) is 0 Å². The molecule has 1 saturated carbocycles. The number of halogens is 1. The molecule has 6 rings (SSSR count). The van der Waals surface area contributed by atoms with Crippen molar-refractivity contribution in [3.8, 4) is 17.6 Å². The zero-order chi connectivity index (χ0) is 34.1. The van der Waals surface area contributed by atoms with Gasteiger partial charge >= 0.3 is 0 Å². The highest BCUT2D eigenvalue weighted by Crippen LogP contribution is 2.47. The largest absolute Gasteiger partial charge is 0.490 e. The molecule has 0 radical (unpaired) electrons. The molecule has 9 heteroatoms. The summed E-state index contributed by atoms with van der Waals surface area (Å²) in [6, 6.07) is 11.6. The van der Waals surface area contributed by atoms with Gasteiger partial charge < -0.3 is 14.4 Å². The van der Waals surface area contributed by atoms with Gasteiger partial charge in [-0.05, 0) is 125 Å². The predicted molar refractivity (Wildman–Crippen MR) is 192 cm³/mol. The standard InChI is InChI=1S/C39H47ClN2O5S/c1-38(2,3)19-17-31(43)24-48(45)20-7-5-6-10-35(46-4)32-14-11-29(32)23-42-25-39(18-8-9-27-21-30(40)13-15-33(27)39)26-47-36-16-12-28(22-34(36)42)37(44)41-48/h6,10,12-13,15-16,21-22,29,32,35H,5,7-9,11,14,18,20,23-26H2,1-4H3/b10-6+/t29-,32+,35-,39-,48+/m0/s1. The summed E-state index contributed by atoms with van der Waals surface area (Å²) in [6.45, 7) is 7.78. The van der Waals surface area contributed by atoms with Gasteiger partial charge in [0.1, 0.15) is 11.5 Å². The van der Waals surface area contributed by atoms with E-state index in [4.69, 9.17) is 21.1 Å². The number of fused-ring (bicyclic) bond motifs is 4. The summed E-state index contributed by atoms with van der Waals surface area (Å²) in [5, 5.41) is 0.746. The Morgan fingerprint density at radius 3 is 2.77 bits per heavy atom. The van der Waals surface area contributed by atoms with Crippen LogP contribution in [0.1, 0.15) is 80.8 Å². The minimum Gasteiger partial charge on any atom is -0.490 e. The van der Waals surface area contributed by atoms with Crippen molar-refractivity contribution < 1.29 is 23.3 Å². The molecule has 2 heterocycles. The van der Waals surface area contributed by atoms with Gasteiger partial charge in [0.2, 0.25) is 5.78 Å². The van der Waals surface area contributed by atoms with E-state index in [2.05, 4.69) is 45.4 Å². The molecule has 7 nitrogen and oxygen atoms in total. The number of rotatable bonds is 3. The first-order valence-electron chi connectivity index (χ1n) is 17.2. The van der Waals surface area contributed by atoms with Crippen LogP contribution in [0.2, 0.25) is 5.02 Å². The number of Topliss-reactive ketones (excluding diaryl/α,β-unsaturated/α-hetero) is 1. The lowest BCUT2D eigenvalue weighted by Crippen LogP contribution is -2.49. The summed E-state index contributed by atoms with van der Waals surface area (Å²) in [5.74, 6) is 5.76. The van der Waals surface area contributed by atoms with Gasteiger partial charge in [0.15, 0.2) is 0 Å². The van der Waals surface area contributed by atoms with Crippen LogP contribution in [0.4, 0.5) is 5.69 Å². The Kier molecular flexibility index (Phi) is 10.1. The number of allylic oxidation sites excluding steroid dienone is 1. The first kappa shape index (κ1) is 34.7. The maximum atomic E-state index is 14.2. The molecule has 0 aromatic heterocycles. The molecule has 1 fully saturated rings. The molecule has 5 atom stereocenters. The second-order valence-electron chi connectivity index (χ2n) is 15.0. The molecule has 256 valence electrons. The fraction of sp³-hybridized carbons (Fsp3) is 0.538. The Labute approximate surface area is 291 Å². The van der Waals surface area contributed by atoms with E-state index in [1.54, 1.807) is 13.2 Å². The van der Waals surface area contributed by atoms with E-state index in [9.17, 15) is 13.8 Å². The maximum Gasteiger partial charge on any atom is 0.285 e. The molecule has 0 saturated heterocycles. The van der Waals surface area contributed by atoms with Crippen LogP contribution in [0.5, 0.6) is 5.75 Å². The number of carbonyl (C=O) groups is 2. The third kappa shape index (κ3) is 7.69. The quantitative estimate of drug-likeness (QED) is 0.189. The Morgan fingerprint density at radius 1 is 1.19 bits per heavy atom. The van der Waals surface area contributed by atoms with Crippen molar-refractivity contribution in [1.82, 2.24) is 0 Å². The van der Waals surface area contributed by atoms with Gasteiger partial charge in [-0.15, -0.1) is 0 Å². The molecule has 2 aliphatic heterocycles. The van der Waals surface area contributed by atoms with E-state index >= 15 is 0 Å². The number of ketones is 1. The van der Waals surface area contributed by atoms with Gasteiger partial charge in [0.05, 0.1) is 28.1 Å². The number of anilines is 1. The molecule has 1 amide bonds. The van der Waals surface area contributed by atoms with Crippen LogP contribution in [0.15, 0.2) is 52.9 Å². The van der Waals surface area contributed by atoms with Crippen LogP contribution in [0.25, 0.3) is 0 Å². The minimum atomic E-state index is -3.21. The molecule has 48 heavy (non-hydrogen) atoms. The number of nitrogens with zero attached hydrogens (tertiary/aromatic N) is 2. The fourth-order valence-corrected chi connectivity index (χ4v) is 9.69. The topological polar surface area (TPSA) is 85.3 Å². The van der Waals surface area contributed by atoms with E-state index in [-0.39, 0.29) is 28.4 Å². The number of aryl methyl sites for hydroxylation is 1. The first-order valence-corrected chi connectivity index (χ1v) is 19.4. The van der Waals surface area contributed by atoms with E-state index in [0.717, 1.165) is 61.7 Å². The second kappa shape index (κ2) is 14.0. The van der Waals surface area contributed by atoms with Crippen molar-refractivity contribution in [2.24, 2.45) is 21.6 Å². The monoisotopic (exact) mass is 690 g/mol. The molecule has 0 unspecified atom stereocenters. The van der Waals surface area contributed by atoms with Crippen LogP contribution in [0, 0.1) is 29.1 Å². The Hall–Kier alpha value is -3.12. The van der Waals surface area contributed by atoms with Gasteiger partial charge in [0.25, 0.3) is 5.91 Å². The van der Waals surface area contributed by atoms with Crippen molar-refractivity contribution in [3.63, 3.8) is 0 Å². The molecule has 1 spiro atoms. The summed E-state index contributed by atoms with van der Waals surface area (Å²) in [4.78, 5) is 29.1. The molecule has 2 aliphatic carbocycles. The highest BCUT2D eigenvalue weighted by Gasteiger charge is 2.44. The second-order valence-corrected chi connectivity index (χ2v) is 17.9. The van der Waals surface area contributed by atoms with Crippen LogP contribution in [-0.2, 0) is 31.1 Å². The highest BCUT2D eigenvalue weighted by molar-refractivity contribution is 7.94. The molecule has 0 N–H and O–H groups in total. The van der Waals surface area contributed by atoms with Gasteiger partial charge in [0, 0.05) is 47.4 Å². The maximum absolute atomic E-state index is 14.2. The van der Waals surface area contributed by atoms with Crippen molar-refractivity contribution >= 4 is 38.7 Å². The molecular weight excluding hydrogens is 644 g/mol. The summed E-state index contributed by atoms with van der Waals surface area (Å²) in [5.41, 5.74) is 3.12. The molecular formula is C39H47ClN2O5S. The van der Waals surface area contributed by atoms with E-state index in [0.29, 0.717) is 36.8 Å². The first-order chi connectivity index (χ1) is 22.9. The number of hydrogen-bond acceptors (Lipinski definition) is 6. The van der Waals surface area contributed by atoms with Crippen molar-refractivity contribution in [3.05, 3.63) is 70.3 Å². The number of methoxy groups -OCH3 is 1. The zero-order valence-corrected chi connectivity index (χ0v) is 30.1. The normalized spacial score (nSPS) is 29.5. The Balaban J connectivity index is 1.41.